The van der Waals surface area contributed by atoms with Gasteiger partial charge < -0.3 is 11.1 Å². The maximum Gasteiger partial charge on any atom is 0.259 e. The van der Waals surface area contributed by atoms with Gasteiger partial charge in [-0.05, 0) is 37.1 Å². The Labute approximate surface area is 165 Å². The number of nitrogens with two attached hydrogens (primary N) is 1. The molecular weight excluding hydrogens is 396 g/mol. The minimum atomic E-state index is -0.960. The highest BCUT2D eigenvalue weighted by Crippen LogP contribution is 2.37. The predicted molar refractivity (Wildman–Crippen MR) is 104 cm³/mol. The molecule has 3 rings (SSSR count). The summed E-state index contributed by atoms with van der Waals surface area (Å²) in [5.41, 5.74) is 6.37. The fourth-order valence-corrected chi connectivity index (χ4v) is 4.45. The van der Waals surface area contributed by atoms with Crippen LogP contribution in [-0.4, -0.2) is 29.8 Å². The third-order valence-electron chi connectivity index (χ3n) is 4.32. The van der Waals surface area contributed by atoms with Gasteiger partial charge in [0.2, 0.25) is 0 Å². The van der Waals surface area contributed by atoms with Gasteiger partial charge in [0.25, 0.3) is 11.8 Å². The number of thiophene rings is 1. The van der Waals surface area contributed by atoms with E-state index in [1.165, 1.54) is 11.3 Å². The van der Waals surface area contributed by atoms with E-state index in [4.69, 9.17) is 5.73 Å². The van der Waals surface area contributed by atoms with Gasteiger partial charge in [-0.3, -0.25) is 14.5 Å². The van der Waals surface area contributed by atoms with Crippen LogP contribution in [0.2, 0.25) is 0 Å². The van der Waals surface area contributed by atoms with E-state index < -0.39 is 23.4 Å². The van der Waals surface area contributed by atoms with E-state index in [0.29, 0.717) is 24.0 Å². The van der Waals surface area contributed by atoms with Gasteiger partial charge >= 0.3 is 0 Å². The van der Waals surface area contributed by atoms with Crippen molar-refractivity contribution in [3.63, 3.8) is 0 Å². The van der Waals surface area contributed by atoms with Crippen molar-refractivity contribution in [2.45, 2.75) is 26.3 Å². The second kappa shape index (κ2) is 8.77. The molecule has 2 heterocycles. The molecule has 27 heavy (non-hydrogen) atoms. The SMILES string of the molecule is CCCN1CCc2c(sc(NC(=O)c3ccc(F)cc3F)c2C(N)=O)C1.Cl. The lowest BCUT2D eigenvalue weighted by atomic mass is 10.0. The number of nitrogens with zero attached hydrogens (tertiary/aromatic N) is 1. The molecule has 1 aromatic heterocycles. The zero-order chi connectivity index (χ0) is 18.8. The first-order valence-electron chi connectivity index (χ1n) is 8.33. The number of anilines is 1. The topological polar surface area (TPSA) is 75.4 Å². The molecule has 0 saturated heterocycles. The number of benzene rings is 1. The minimum Gasteiger partial charge on any atom is -0.365 e. The molecule has 0 saturated carbocycles. The number of hydrogen-bond acceptors (Lipinski definition) is 4. The minimum absolute atomic E-state index is 0. The summed E-state index contributed by atoms with van der Waals surface area (Å²) in [5.74, 6) is -3.09. The molecule has 1 aromatic carbocycles. The number of halogens is 3. The number of primary amides is 1. The Morgan fingerprint density at radius 1 is 1.33 bits per heavy atom. The lowest BCUT2D eigenvalue weighted by Gasteiger charge is -2.26. The largest absolute Gasteiger partial charge is 0.365 e. The highest BCUT2D eigenvalue weighted by atomic mass is 35.5. The Morgan fingerprint density at radius 2 is 2.07 bits per heavy atom. The lowest BCUT2D eigenvalue weighted by molar-refractivity contribution is 0.1000. The van der Waals surface area contributed by atoms with E-state index in [1.807, 2.05) is 0 Å². The summed E-state index contributed by atoms with van der Waals surface area (Å²) in [4.78, 5) is 27.6. The molecule has 0 aliphatic carbocycles. The number of amides is 2. The van der Waals surface area contributed by atoms with E-state index in [9.17, 15) is 18.4 Å². The Kier molecular flexibility index (Phi) is 6.91. The molecule has 0 radical (unpaired) electrons. The standard InChI is InChI=1S/C18H19F2N3O2S.ClH/c1-2-6-23-7-5-12-14(9-23)26-18(15(12)16(21)24)22-17(25)11-4-3-10(19)8-13(11)20;/h3-4,8H,2,5-7,9H2,1H3,(H2,21,24)(H,22,25);1H. The normalized spacial score (nSPS) is 13.6. The van der Waals surface area contributed by atoms with Gasteiger partial charge in [-0.1, -0.05) is 6.92 Å². The quantitative estimate of drug-likeness (QED) is 0.783. The molecular formula is C18H20ClF2N3O2S. The molecule has 1 aliphatic rings. The number of rotatable bonds is 5. The molecule has 3 N–H and O–H groups in total. The highest BCUT2D eigenvalue weighted by molar-refractivity contribution is 7.17. The van der Waals surface area contributed by atoms with E-state index in [2.05, 4.69) is 17.1 Å². The zero-order valence-corrected chi connectivity index (χ0v) is 16.3. The Balaban J connectivity index is 0.00000261. The van der Waals surface area contributed by atoms with Gasteiger partial charge in [-0.2, -0.15) is 0 Å². The van der Waals surface area contributed by atoms with Gasteiger partial charge in [0.15, 0.2) is 0 Å². The van der Waals surface area contributed by atoms with E-state index >= 15 is 0 Å². The van der Waals surface area contributed by atoms with Crippen molar-refractivity contribution in [3.8, 4) is 0 Å². The van der Waals surface area contributed by atoms with Crippen molar-refractivity contribution < 1.29 is 18.4 Å². The fourth-order valence-electron chi connectivity index (χ4n) is 3.16. The van der Waals surface area contributed by atoms with Crippen molar-refractivity contribution in [2.75, 3.05) is 18.4 Å². The van der Waals surface area contributed by atoms with E-state index in [-0.39, 0.29) is 23.5 Å². The molecule has 2 aromatic rings. The molecule has 0 atom stereocenters. The molecule has 2 amide bonds. The molecule has 9 heteroatoms. The van der Waals surface area contributed by atoms with Crippen molar-refractivity contribution in [1.29, 1.82) is 0 Å². The lowest BCUT2D eigenvalue weighted by Crippen LogP contribution is -2.31. The average molecular weight is 416 g/mol. The summed E-state index contributed by atoms with van der Waals surface area (Å²) in [6.07, 6.45) is 1.70. The maximum absolute atomic E-state index is 13.8. The molecule has 5 nitrogen and oxygen atoms in total. The second-order valence-corrected chi connectivity index (χ2v) is 7.28. The van der Waals surface area contributed by atoms with Gasteiger partial charge in [0, 0.05) is 24.0 Å². The summed E-state index contributed by atoms with van der Waals surface area (Å²) in [7, 11) is 0. The van der Waals surface area contributed by atoms with Gasteiger partial charge in [0.05, 0.1) is 11.1 Å². The molecule has 0 bridgehead atoms. The number of nitrogens with one attached hydrogen (secondary N) is 1. The van der Waals surface area contributed by atoms with E-state index in [1.54, 1.807) is 0 Å². The van der Waals surface area contributed by atoms with Crippen LogP contribution in [0.1, 0.15) is 44.5 Å². The first-order chi connectivity index (χ1) is 12.4. The summed E-state index contributed by atoms with van der Waals surface area (Å²) in [6, 6.07) is 2.72. The smallest absolute Gasteiger partial charge is 0.259 e. The monoisotopic (exact) mass is 415 g/mol. The van der Waals surface area contributed by atoms with Crippen LogP contribution in [0.25, 0.3) is 0 Å². The van der Waals surface area contributed by atoms with Crippen LogP contribution >= 0.6 is 23.7 Å². The van der Waals surface area contributed by atoms with Crippen LogP contribution in [0.15, 0.2) is 18.2 Å². The first kappa shape index (κ1) is 21.3. The summed E-state index contributed by atoms with van der Waals surface area (Å²) in [5, 5.41) is 2.88. The van der Waals surface area contributed by atoms with Crippen LogP contribution in [0.3, 0.4) is 0 Å². The number of hydrogen-bond donors (Lipinski definition) is 2. The Morgan fingerprint density at radius 3 is 2.70 bits per heavy atom. The zero-order valence-electron chi connectivity index (χ0n) is 14.7. The molecule has 1 aliphatic heterocycles. The first-order valence-corrected chi connectivity index (χ1v) is 9.15. The van der Waals surface area contributed by atoms with Crippen molar-refractivity contribution in [1.82, 2.24) is 4.90 Å². The summed E-state index contributed by atoms with van der Waals surface area (Å²) < 4.78 is 26.9. The summed E-state index contributed by atoms with van der Waals surface area (Å²) in [6.45, 7) is 4.56. The van der Waals surface area contributed by atoms with Crippen molar-refractivity contribution in [3.05, 3.63) is 51.4 Å². The third-order valence-corrected chi connectivity index (χ3v) is 5.46. The molecule has 0 unspecified atom stereocenters. The number of fused-ring (bicyclic) bond motifs is 1. The van der Waals surface area contributed by atoms with Crippen molar-refractivity contribution >= 4 is 40.6 Å². The molecule has 146 valence electrons. The van der Waals surface area contributed by atoms with Gasteiger partial charge in [-0.25, -0.2) is 8.78 Å². The molecule has 0 fully saturated rings. The number of carbonyl (C=O) groups excluding carboxylic acids is 2. The molecule has 0 spiro atoms. The number of carbonyl (C=O) groups is 2. The fraction of sp³-hybridized carbons (Fsp3) is 0.333. The maximum atomic E-state index is 13.8. The van der Waals surface area contributed by atoms with Crippen LogP contribution in [0.4, 0.5) is 13.8 Å². The highest BCUT2D eigenvalue weighted by Gasteiger charge is 2.28. The van der Waals surface area contributed by atoms with Crippen molar-refractivity contribution in [2.24, 2.45) is 5.73 Å². The van der Waals surface area contributed by atoms with Gasteiger partial charge in [0.1, 0.15) is 16.6 Å². The third kappa shape index (κ3) is 4.45. The van der Waals surface area contributed by atoms with Gasteiger partial charge in [-0.15, -0.1) is 23.7 Å². The average Bonchev–Trinajstić information content (AvgIpc) is 2.92. The Hall–Kier alpha value is -2.03. The predicted octanol–water partition coefficient (Wildman–Crippen LogP) is 3.57. The van der Waals surface area contributed by atoms with Crippen LogP contribution < -0.4 is 11.1 Å². The summed E-state index contributed by atoms with van der Waals surface area (Å²) >= 11 is 1.28. The van der Waals surface area contributed by atoms with Crippen LogP contribution in [-0.2, 0) is 13.0 Å². The Bertz CT molecular complexity index is 873. The van der Waals surface area contributed by atoms with Crippen LogP contribution in [0, 0.1) is 11.6 Å². The second-order valence-electron chi connectivity index (χ2n) is 6.18. The van der Waals surface area contributed by atoms with Crippen LogP contribution in [0.5, 0.6) is 0 Å². The van der Waals surface area contributed by atoms with E-state index in [0.717, 1.165) is 42.1 Å².